The van der Waals surface area contributed by atoms with Crippen LogP contribution in [0.2, 0.25) is 0 Å². The zero-order valence-electron chi connectivity index (χ0n) is 11.4. The van der Waals surface area contributed by atoms with Gasteiger partial charge in [-0.15, -0.1) is 0 Å². The maximum atomic E-state index is 12.2. The van der Waals surface area contributed by atoms with Gasteiger partial charge in [-0.1, -0.05) is 19.8 Å². The van der Waals surface area contributed by atoms with Gasteiger partial charge in [-0.3, -0.25) is 4.79 Å². The van der Waals surface area contributed by atoms with Crippen molar-refractivity contribution in [3.63, 3.8) is 0 Å². The first-order valence-electron chi connectivity index (χ1n) is 7.36. The molecular weight excluding hydrogens is 228 g/mol. The molecule has 4 heteroatoms. The number of rotatable bonds is 6. The van der Waals surface area contributed by atoms with E-state index in [1.54, 1.807) is 0 Å². The number of hydrogen-bond acceptors (Lipinski definition) is 3. The molecule has 0 radical (unpaired) electrons. The van der Waals surface area contributed by atoms with E-state index in [9.17, 15) is 4.79 Å². The first-order chi connectivity index (χ1) is 8.70. The summed E-state index contributed by atoms with van der Waals surface area (Å²) in [5, 5.41) is 0. The number of carbonyl (C=O) groups excluding carboxylic acids is 1. The average molecular weight is 254 g/mol. The molecule has 18 heavy (non-hydrogen) atoms. The van der Waals surface area contributed by atoms with E-state index in [4.69, 9.17) is 10.5 Å². The maximum absolute atomic E-state index is 12.2. The standard InChI is InChI=1S/C14H26N2O2/c1-2-8-18-12-4-3-7-16(10-12)14(17)13(15)9-11-5-6-11/h11-13H,2-10,15H2,1H3/t12?,13-/m0/s1. The highest BCUT2D eigenvalue weighted by atomic mass is 16.5. The molecule has 1 aliphatic carbocycles. The van der Waals surface area contributed by atoms with Crippen LogP contribution in [0.3, 0.4) is 0 Å². The van der Waals surface area contributed by atoms with Gasteiger partial charge in [-0.25, -0.2) is 0 Å². The van der Waals surface area contributed by atoms with Gasteiger partial charge in [0.15, 0.2) is 0 Å². The summed E-state index contributed by atoms with van der Waals surface area (Å²) in [6.07, 6.45) is 6.74. The molecule has 0 spiro atoms. The summed E-state index contributed by atoms with van der Waals surface area (Å²) in [6, 6.07) is -0.289. The van der Waals surface area contributed by atoms with Gasteiger partial charge in [0.2, 0.25) is 5.91 Å². The molecule has 0 aromatic rings. The molecular formula is C14H26N2O2. The van der Waals surface area contributed by atoms with E-state index in [0.717, 1.165) is 45.4 Å². The fourth-order valence-corrected chi connectivity index (χ4v) is 2.61. The van der Waals surface area contributed by atoms with Crippen LogP contribution in [0.4, 0.5) is 0 Å². The first kappa shape index (κ1) is 13.8. The molecule has 0 aromatic carbocycles. The van der Waals surface area contributed by atoms with Crippen LogP contribution < -0.4 is 5.73 Å². The maximum Gasteiger partial charge on any atom is 0.239 e. The lowest BCUT2D eigenvalue weighted by atomic mass is 10.0. The third kappa shape index (κ3) is 3.95. The topological polar surface area (TPSA) is 55.6 Å². The van der Waals surface area contributed by atoms with Crippen LogP contribution in [0.15, 0.2) is 0 Å². The second-order valence-corrected chi connectivity index (χ2v) is 5.70. The predicted octanol–water partition coefficient (Wildman–Crippen LogP) is 1.53. The molecule has 2 aliphatic rings. The van der Waals surface area contributed by atoms with Crippen LogP contribution in [-0.4, -0.2) is 42.6 Å². The Labute approximate surface area is 110 Å². The van der Waals surface area contributed by atoms with Gasteiger partial charge in [0.05, 0.1) is 12.1 Å². The van der Waals surface area contributed by atoms with Crippen molar-refractivity contribution in [3.8, 4) is 0 Å². The van der Waals surface area contributed by atoms with Gasteiger partial charge in [-0.2, -0.15) is 0 Å². The van der Waals surface area contributed by atoms with Crippen LogP contribution in [0.1, 0.15) is 45.4 Å². The average Bonchev–Trinajstić information content (AvgIpc) is 3.19. The molecule has 0 bridgehead atoms. The zero-order valence-corrected chi connectivity index (χ0v) is 11.4. The number of ether oxygens (including phenoxy) is 1. The van der Waals surface area contributed by atoms with Crippen LogP contribution in [0.5, 0.6) is 0 Å². The molecule has 104 valence electrons. The van der Waals surface area contributed by atoms with E-state index in [0.29, 0.717) is 5.92 Å². The number of hydrogen-bond donors (Lipinski definition) is 1. The van der Waals surface area contributed by atoms with Gasteiger partial charge < -0.3 is 15.4 Å². The van der Waals surface area contributed by atoms with Crippen molar-refractivity contribution >= 4 is 5.91 Å². The Bertz CT molecular complexity index is 279. The highest BCUT2D eigenvalue weighted by Gasteiger charge is 2.31. The van der Waals surface area contributed by atoms with Gasteiger partial charge in [0.1, 0.15) is 0 Å². The molecule has 1 aliphatic heterocycles. The van der Waals surface area contributed by atoms with Crippen LogP contribution in [0.25, 0.3) is 0 Å². The van der Waals surface area contributed by atoms with Crippen molar-refractivity contribution in [3.05, 3.63) is 0 Å². The minimum Gasteiger partial charge on any atom is -0.376 e. The Hall–Kier alpha value is -0.610. The minimum atomic E-state index is -0.289. The highest BCUT2D eigenvalue weighted by Crippen LogP contribution is 2.33. The third-order valence-electron chi connectivity index (χ3n) is 3.85. The third-order valence-corrected chi connectivity index (χ3v) is 3.85. The zero-order chi connectivity index (χ0) is 13.0. The Morgan fingerprint density at radius 1 is 1.44 bits per heavy atom. The van der Waals surface area contributed by atoms with E-state index in [-0.39, 0.29) is 18.1 Å². The SMILES string of the molecule is CCCOC1CCCN(C(=O)[C@@H](N)CC2CC2)C1. The lowest BCUT2D eigenvalue weighted by Gasteiger charge is -2.34. The number of nitrogens with two attached hydrogens (primary N) is 1. The molecule has 2 rings (SSSR count). The number of carbonyl (C=O) groups is 1. The first-order valence-corrected chi connectivity index (χ1v) is 7.36. The van der Waals surface area contributed by atoms with Gasteiger partial charge in [-0.05, 0) is 31.6 Å². The summed E-state index contributed by atoms with van der Waals surface area (Å²) in [6.45, 7) is 4.48. The lowest BCUT2D eigenvalue weighted by molar-refractivity contribution is -0.137. The molecule has 4 nitrogen and oxygen atoms in total. The second-order valence-electron chi connectivity index (χ2n) is 5.70. The Morgan fingerprint density at radius 3 is 2.89 bits per heavy atom. The van der Waals surface area contributed by atoms with Crippen LogP contribution in [0, 0.1) is 5.92 Å². The molecule has 2 N–H and O–H groups in total. The van der Waals surface area contributed by atoms with Crippen molar-refractivity contribution < 1.29 is 9.53 Å². The summed E-state index contributed by atoms with van der Waals surface area (Å²) < 4.78 is 5.75. The number of piperidine rings is 1. The second kappa shape index (κ2) is 6.53. The summed E-state index contributed by atoms with van der Waals surface area (Å²) >= 11 is 0. The summed E-state index contributed by atoms with van der Waals surface area (Å²) in [5.41, 5.74) is 6.00. The van der Waals surface area contributed by atoms with Crippen molar-refractivity contribution in [2.75, 3.05) is 19.7 Å². The molecule has 1 amide bonds. The van der Waals surface area contributed by atoms with Crippen LogP contribution in [-0.2, 0) is 9.53 Å². The quantitative estimate of drug-likeness (QED) is 0.782. The molecule has 0 aromatic heterocycles. The predicted molar refractivity (Wildman–Crippen MR) is 71.2 cm³/mol. The van der Waals surface area contributed by atoms with Gasteiger partial charge in [0, 0.05) is 19.7 Å². The van der Waals surface area contributed by atoms with Crippen LogP contribution >= 0.6 is 0 Å². The summed E-state index contributed by atoms with van der Waals surface area (Å²) in [4.78, 5) is 14.1. The normalized spacial score (nSPS) is 26.1. The monoisotopic (exact) mass is 254 g/mol. The lowest BCUT2D eigenvalue weighted by Crippen LogP contribution is -2.50. The summed E-state index contributed by atoms with van der Waals surface area (Å²) in [5.74, 6) is 0.840. The van der Waals surface area contributed by atoms with Crippen molar-refractivity contribution in [2.45, 2.75) is 57.6 Å². The smallest absolute Gasteiger partial charge is 0.239 e. The van der Waals surface area contributed by atoms with Crippen molar-refractivity contribution in [1.82, 2.24) is 4.90 Å². The fraction of sp³-hybridized carbons (Fsp3) is 0.929. The molecule has 1 unspecified atom stereocenters. The molecule has 2 fully saturated rings. The Morgan fingerprint density at radius 2 is 2.22 bits per heavy atom. The Balaban J connectivity index is 1.77. The fourth-order valence-electron chi connectivity index (χ4n) is 2.61. The highest BCUT2D eigenvalue weighted by molar-refractivity contribution is 5.81. The van der Waals surface area contributed by atoms with E-state index >= 15 is 0 Å². The number of nitrogens with zero attached hydrogens (tertiary/aromatic N) is 1. The van der Waals surface area contributed by atoms with Crippen molar-refractivity contribution in [1.29, 1.82) is 0 Å². The number of amides is 1. The summed E-state index contributed by atoms with van der Waals surface area (Å²) in [7, 11) is 0. The van der Waals surface area contributed by atoms with Gasteiger partial charge >= 0.3 is 0 Å². The largest absolute Gasteiger partial charge is 0.376 e. The van der Waals surface area contributed by atoms with Crippen molar-refractivity contribution in [2.24, 2.45) is 11.7 Å². The van der Waals surface area contributed by atoms with Gasteiger partial charge in [0.25, 0.3) is 0 Å². The number of likely N-dealkylation sites (tertiary alicyclic amines) is 1. The Kier molecular flexibility index (Phi) is 5.01. The minimum absolute atomic E-state index is 0.131. The molecule has 1 heterocycles. The molecule has 1 saturated heterocycles. The van der Waals surface area contributed by atoms with E-state index < -0.39 is 0 Å². The molecule has 2 atom stereocenters. The van der Waals surface area contributed by atoms with E-state index in [1.165, 1.54) is 12.8 Å². The van der Waals surface area contributed by atoms with E-state index in [2.05, 4.69) is 6.92 Å². The van der Waals surface area contributed by atoms with E-state index in [1.807, 2.05) is 4.90 Å². The molecule has 1 saturated carbocycles.